The van der Waals surface area contributed by atoms with Crippen molar-refractivity contribution in [2.45, 2.75) is 96.8 Å². The van der Waals surface area contributed by atoms with Gasteiger partial charge in [0.2, 0.25) is 0 Å². The van der Waals surface area contributed by atoms with Crippen LogP contribution in [0, 0.1) is 17.8 Å². The molecule has 0 spiro atoms. The lowest BCUT2D eigenvalue weighted by Gasteiger charge is -2.42. The van der Waals surface area contributed by atoms with E-state index in [1.54, 1.807) is 5.56 Å². The fourth-order valence-electron chi connectivity index (χ4n) is 5.51. The smallest absolute Gasteiger partial charge is 0.119 e. The lowest BCUT2D eigenvalue weighted by atomic mass is 9.63. The summed E-state index contributed by atoms with van der Waals surface area (Å²) in [5.74, 6) is 4.90. The Hall–Kier alpha value is -0.980. The van der Waals surface area contributed by atoms with E-state index in [0.717, 1.165) is 36.0 Å². The molecule has 1 aromatic carbocycles. The molecule has 0 aromatic heterocycles. The average molecular weight is 357 g/mol. The first-order chi connectivity index (χ1) is 12.8. The van der Waals surface area contributed by atoms with Gasteiger partial charge >= 0.3 is 0 Å². The van der Waals surface area contributed by atoms with Crippen LogP contribution >= 0.6 is 0 Å². The van der Waals surface area contributed by atoms with Gasteiger partial charge in [0.1, 0.15) is 5.75 Å². The maximum atomic E-state index is 5.92. The van der Waals surface area contributed by atoms with E-state index in [9.17, 15) is 0 Å². The van der Waals surface area contributed by atoms with Crippen molar-refractivity contribution in [1.82, 2.24) is 0 Å². The van der Waals surface area contributed by atoms with E-state index in [1.807, 2.05) is 0 Å². The molecule has 0 N–H and O–H groups in total. The molecule has 26 heavy (non-hydrogen) atoms. The van der Waals surface area contributed by atoms with Crippen LogP contribution in [0.4, 0.5) is 0 Å². The Kier molecular flexibility index (Phi) is 7.89. The van der Waals surface area contributed by atoms with Crippen molar-refractivity contribution in [2.75, 3.05) is 6.61 Å². The van der Waals surface area contributed by atoms with Crippen molar-refractivity contribution in [3.63, 3.8) is 0 Å². The predicted molar refractivity (Wildman–Crippen MR) is 112 cm³/mol. The summed E-state index contributed by atoms with van der Waals surface area (Å²) < 4.78 is 5.92. The molecular formula is C25H40O. The minimum absolute atomic E-state index is 0.789. The minimum atomic E-state index is 0.789. The minimum Gasteiger partial charge on any atom is -0.494 e. The molecule has 3 rings (SSSR count). The van der Waals surface area contributed by atoms with Crippen molar-refractivity contribution in [2.24, 2.45) is 17.8 Å². The number of rotatable bonds is 9. The third-order valence-electron chi connectivity index (χ3n) is 7.04. The molecule has 2 fully saturated rings. The van der Waals surface area contributed by atoms with Gasteiger partial charge in [0.05, 0.1) is 6.61 Å². The molecule has 0 bridgehead atoms. The quantitative estimate of drug-likeness (QED) is 0.411. The monoisotopic (exact) mass is 356 g/mol. The van der Waals surface area contributed by atoms with Crippen molar-refractivity contribution < 1.29 is 4.74 Å². The van der Waals surface area contributed by atoms with E-state index in [4.69, 9.17) is 4.74 Å². The molecule has 0 heterocycles. The van der Waals surface area contributed by atoms with Crippen LogP contribution < -0.4 is 4.74 Å². The van der Waals surface area contributed by atoms with Crippen molar-refractivity contribution in [3.05, 3.63) is 29.8 Å². The zero-order chi connectivity index (χ0) is 18.2. The molecule has 146 valence electrons. The molecule has 2 saturated carbocycles. The normalized spacial score (nSPS) is 28.5. The van der Waals surface area contributed by atoms with Gasteiger partial charge in [0.25, 0.3) is 0 Å². The highest BCUT2D eigenvalue weighted by atomic mass is 16.5. The topological polar surface area (TPSA) is 9.23 Å². The molecule has 0 aliphatic heterocycles. The van der Waals surface area contributed by atoms with Crippen LogP contribution in [0.2, 0.25) is 0 Å². The number of ether oxygens (including phenoxy) is 1. The molecule has 0 amide bonds. The van der Waals surface area contributed by atoms with Crippen LogP contribution in [-0.2, 0) is 0 Å². The van der Waals surface area contributed by atoms with Crippen LogP contribution in [0.1, 0.15) is 102 Å². The Morgan fingerprint density at radius 1 is 0.808 bits per heavy atom. The Morgan fingerprint density at radius 2 is 1.58 bits per heavy atom. The van der Waals surface area contributed by atoms with Crippen molar-refractivity contribution in [1.29, 1.82) is 0 Å². The van der Waals surface area contributed by atoms with Gasteiger partial charge in [-0.1, -0.05) is 64.5 Å². The Morgan fingerprint density at radius 3 is 2.35 bits per heavy atom. The second-order valence-corrected chi connectivity index (χ2v) is 8.98. The van der Waals surface area contributed by atoms with Gasteiger partial charge in [0, 0.05) is 0 Å². The maximum absolute atomic E-state index is 5.92. The van der Waals surface area contributed by atoms with Gasteiger partial charge in [-0.05, 0) is 79.9 Å². The first kappa shape index (κ1) is 19.8. The van der Waals surface area contributed by atoms with Crippen LogP contribution in [0.25, 0.3) is 0 Å². The average Bonchev–Trinajstić information content (AvgIpc) is 2.68. The highest BCUT2D eigenvalue weighted by molar-refractivity contribution is 5.30. The summed E-state index contributed by atoms with van der Waals surface area (Å²) in [7, 11) is 0. The largest absolute Gasteiger partial charge is 0.494 e. The summed E-state index contributed by atoms with van der Waals surface area (Å²) in [6.07, 6.45) is 16.7. The second-order valence-electron chi connectivity index (χ2n) is 8.98. The summed E-state index contributed by atoms with van der Waals surface area (Å²) in [5.41, 5.74) is 1.55. The molecule has 1 heteroatoms. The van der Waals surface area contributed by atoms with Gasteiger partial charge in [-0.3, -0.25) is 0 Å². The Labute approximate surface area is 161 Å². The Balaban J connectivity index is 1.45. The maximum Gasteiger partial charge on any atom is 0.119 e. The highest BCUT2D eigenvalue weighted by Gasteiger charge is 2.35. The van der Waals surface area contributed by atoms with Crippen LogP contribution in [-0.4, -0.2) is 6.61 Å². The molecule has 0 radical (unpaired) electrons. The SMILES string of the molecule is CCCCCCOc1ccc([C@@H]2CC[C@H]3C[C@@H](CCC)CC[C@@H]3C2)cc1. The van der Waals surface area contributed by atoms with Crippen LogP contribution in [0.3, 0.4) is 0 Å². The number of benzene rings is 1. The molecule has 4 atom stereocenters. The molecule has 1 nitrogen and oxygen atoms in total. The predicted octanol–water partition coefficient (Wildman–Crippen LogP) is 7.75. The van der Waals surface area contributed by atoms with Gasteiger partial charge in [-0.15, -0.1) is 0 Å². The molecule has 2 aliphatic rings. The van der Waals surface area contributed by atoms with Crippen LogP contribution in [0.5, 0.6) is 5.75 Å². The summed E-state index contributed by atoms with van der Waals surface area (Å²) in [6, 6.07) is 9.10. The van der Waals surface area contributed by atoms with Gasteiger partial charge < -0.3 is 4.74 Å². The first-order valence-electron chi connectivity index (χ1n) is 11.5. The molecule has 0 saturated heterocycles. The van der Waals surface area contributed by atoms with Crippen molar-refractivity contribution in [3.8, 4) is 5.75 Å². The molecular weight excluding hydrogens is 316 g/mol. The Bertz CT molecular complexity index is 505. The summed E-state index contributed by atoms with van der Waals surface area (Å²) in [6.45, 7) is 5.47. The fraction of sp³-hybridized carbons (Fsp3) is 0.760. The molecule has 0 unspecified atom stereocenters. The van der Waals surface area contributed by atoms with Gasteiger partial charge in [0.15, 0.2) is 0 Å². The third-order valence-corrected chi connectivity index (χ3v) is 7.04. The highest BCUT2D eigenvalue weighted by Crippen LogP contribution is 2.48. The van der Waals surface area contributed by atoms with Gasteiger partial charge in [-0.2, -0.15) is 0 Å². The lowest BCUT2D eigenvalue weighted by molar-refractivity contribution is 0.114. The van der Waals surface area contributed by atoms with Crippen LogP contribution in [0.15, 0.2) is 24.3 Å². The van der Waals surface area contributed by atoms with E-state index in [1.165, 1.54) is 77.0 Å². The molecule has 1 aromatic rings. The van der Waals surface area contributed by atoms with E-state index < -0.39 is 0 Å². The summed E-state index contributed by atoms with van der Waals surface area (Å²) in [4.78, 5) is 0. The lowest BCUT2D eigenvalue weighted by Crippen LogP contribution is -2.30. The standard InChI is InChI=1S/C25H40O/c1-3-5-6-7-17-26-25-15-13-21(14-16-25)23-12-11-22-18-20(8-4-2)9-10-24(22)19-23/h13-16,20,22-24H,3-12,17-19H2,1-2H3/t20-,22-,23+,24+/m0/s1. The number of fused-ring (bicyclic) bond motifs is 1. The van der Waals surface area contributed by atoms with Gasteiger partial charge in [-0.25, -0.2) is 0 Å². The van der Waals surface area contributed by atoms with E-state index in [0.29, 0.717) is 0 Å². The summed E-state index contributed by atoms with van der Waals surface area (Å²) in [5, 5.41) is 0. The summed E-state index contributed by atoms with van der Waals surface area (Å²) >= 11 is 0. The number of hydrogen-bond acceptors (Lipinski definition) is 1. The second kappa shape index (κ2) is 10.4. The van der Waals surface area contributed by atoms with Crippen molar-refractivity contribution >= 4 is 0 Å². The first-order valence-corrected chi connectivity index (χ1v) is 11.5. The molecule has 2 aliphatic carbocycles. The number of hydrogen-bond donors (Lipinski definition) is 0. The van der Waals surface area contributed by atoms with E-state index in [-0.39, 0.29) is 0 Å². The van der Waals surface area contributed by atoms with E-state index in [2.05, 4.69) is 38.1 Å². The fourth-order valence-corrected chi connectivity index (χ4v) is 5.51. The zero-order valence-corrected chi connectivity index (χ0v) is 17.2. The number of unbranched alkanes of at least 4 members (excludes halogenated alkanes) is 3. The zero-order valence-electron chi connectivity index (χ0n) is 17.2. The third kappa shape index (κ3) is 5.51. The van der Waals surface area contributed by atoms with E-state index >= 15 is 0 Å².